The number of phenolic OH excluding ortho intramolecular Hbond substituents is 1. The molecule has 43 heavy (non-hydrogen) atoms. The summed E-state index contributed by atoms with van der Waals surface area (Å²) in [5.74, 6) is -3.78. The number of hydrogen-bond acceptors (Lipinski definition) is 8. The average molecular weight is 616 g/mol. The van der Waals surface area contributed by atoms with Crippen molar-refractivity contribution < 1.29 is 39.0 Å². The topological polar surface area (TPSA) is 203 Å². The number of amides is 5. The number of hydrogen-bond donors (Lipinski definition) is 7. The molecule has 0 radical (unpaired) electrons. The Hall–Kier alpha value is -4.59. The fourth-order valence-corrected chi connectivity index (χ4v) is 4.40. The van der Waals surface area contributed by atoms with Crippen molar-refractivity contribution in [1.82, 2.24) is 26.6 Å². The summed E-state index contributed by atoms with van der Waals surface area (Å²) in [6, 6.07) is 11.7. The first-order valence-corrected chi connectivity index (χ1v) is 14.8. The molecule has 2 aromatic rings. The maximum Gasteiger partial charge on any atom is 0.326 e. The van der Waals surface area contributed by atoms with Crippen molar-refractivity contribution in [3.05, 3.63) is 65.7 Å². The number of aromatic hydroxyl groups is 1. The molecule has 0 saturated heterocycles. The van der Waals surface area contributed by atoms with Crippen LogP contribution in [0.4, 0.5) is 0 Å². The lowest BCUT2D eigenvalue weighted by molar-refractivity contribution is -0.142. The van der Waals surface area contributed by atoms with Crippen molar-refractivity contribution in [3.63, 3.8) is 0 Å². The molecule has 0 heterocycles. The van der Waals surface area contributed by atoms with Crippen molar-refractivity contribution in [2.75, 3.05) is 25.1 Å². The molecule has 0 aliphatic carbocycles. The Bertz CT molecular complexity index is 1260. The molecule has 0 unspecified atom stereocenters. The summed E-state index contributed by atoms with van der Waals surface area (Å²) < 4.78 is 0. The molecule has 0 fully saturated rings. The van der Waals surface area contributed by atoms with Gasteiger partial charge < -0.3 is 36.8 Å². The van der Waals surface area contributed by atoms with Crippen LogP contribution in [0.1, 0.15) is 24.5 Å². The van der Waals surface area contributed by atoms with E-state index in [0.29, 0.717) is 11.3 Å². The summed E-state index contributed by atoms with van der Waals surface area (Å²) in [5.41, 5.74) is 1.40. The minimum atomic E-state index is -1.19. The molecule has 0 bridgehead atoms. The van der Waals surface area contributed by atoms with Gasteiger partial charge in [0, 0.05) is 19.8 Å². The number of phenols is 1. The first kappa shape index (κ1) is 34.6. The second-order valence-electron chi connectivity index (χ2n) is 9.61. The first-order valence-electron chi connectivity index (χ1n) is 13.4. The molecule has 2 rings (SSSR count). The van der Waals surface area contributed by atoms with Gasteiger partial charge >= 0.3 is 5.97 Å². The van der Waals surface area contributed by atoms with Crippen LogP contribution < -0.4 is 26.6 Å². The van der Waals surface area contributed by atoms with Crippen molar-refractivity contribution in [3.8, 4) is 5.75 Å². The SMILES string of the molecule is CSCC[C@H](NC(=O)[C@H](Cc1ccccc1)NC(=O)CNC(=O)CNC(=O)[C@H](Cc1ccc(O)cc1)NC(C)=O)C(=O)O. The highest BCUT2D eigenvalue weighted by Crippen LogP contribution is 2.11. The van der Waals surface area contributed by atoms with Crippen LogP contribution in [-0.4, -0.2) is 88.9 Å². The Balaban J connectivity index is 1.94. The lowest BCUT2D eigenvalue weighted by atomic mass is 10.0. The van der Waals surface area contributed by atoms with Gasteiger partial charge in [-0.1, -0.05) is 42.5 Å². The monoisotopic (exact) mass is 615 g/mol. The van der Waals surface area contributed by atoms with Gasteiger partial charge in [0.1, 0.15) is 23.9 Å². The van der Waals surface area contributed by atoms with Crippen molar-refractivity contribution >= 4 is 47.3 Å². The molecular formula is C29H37N5O8S. The predicted octanol–water partition coefficient (Wildman–Crippen LogP) is -0.278. The van der Waals surface area contributed by atoms with E-state index < -0.39 is 66.7 Å². The van der Waals surface area contributed by atoms with Crippen LogP contribution in [0.25, 0.3) is 0 Å². The van der Waals surface area contributed by atoms with E-state index in [2.05, 4.69) is 26.6 Å². The molecule has 232 valence electrons. The summed E-state index contributed by atoms with van der Waals surface area (Å²) in [5, 5.41) is 31.2. The summed E-state index contributed by atoms with van der Waals surface area (Å²) in [6.07, 6.45) is 2.22. The summed E-state index contributed by atoms with van der Waals surface area (Å²) in [4.78, 5) is 73.9. The summed E-state index contributed by atoms with van der Waals surface area (Å²) in [6.45, 7) is 0.256. The Morgan fingerprint density at radius 3 is 1.88 bits per heavy atom. The fraction of sp³-hybridized carbons (Fsp3) is 0.379. The second kappa shape index (κ2) is 18.1. The van der Waals surface area contributed by atoms with Crippen LogP contribution in [0.15, 0.2) is 54.6 Å². The number of carbonyl (C=O) groups excluding carboxylic acids is 5. The zero-order valence-corrected chi connectivity index (χ0v) is 24.7. The normalized spacial score (nSPS) is 12.6. The molecule has 3 atom stereocenters. The third-order valence-electron chi connectivity index (χ3n) is 6.10. The van der Waals surface area contributed by atoms with Crippen LogP contribution in [0.2, 0.25) is 0 Å². The molecule has 0 aromatic heterocycles. The highest BCUT2D eigenvalue weighted by molar-refractivity contribution is 7.98. The minimum absolute atomic E-state index is 0.0487. The lowest BCUT2D eigenvalue weighted by Crippen LogP contribution is -2.54. The quantitative estimate of drug-likeness (QED) is 0.125. The Labute approximate surface area is 253 Å². The number of rotatable bonds is 17. The van der Waals surface area contributed by atoms with Crippen molar-refractivity contribution in [2.24, 2.45) is 0 Å². The lowest BCUT2D eigenvalue weighted by Gasteiger charge is -2.22. The van der Waals surface area contributed by atoms with Crippen LogP contribution in [-0.2, 0) is 41.6 Å². The van der Waals surface area contributed by atoms with E-state index in [0.717, 1.165) is 5.56 Å². The van der Waals surface area contributed by atoms with Crippen LogP contribution in [0, 0.1) is 0 Å². The summed E-state index contributed by atoms with van der Waals surface area (Å²) in [7, 11) is 0. The number of carbonyl (C=O) groups is 6. The van der Waals surface area contributed by atoms with Crippen molar-refractivity contribution in [2.45, 2.75) is 44.3 Å². The molecule has 0 aliphatic rings. The van der Waals surface area contributed by atoms with Crippen molar-refractivity contribution in [1.29, 1.82) is 0 Å². The number of thioether (sulfide) groups is 1. The molecule has 0 aliphatic heterocycles. The summed E-state index contributed by atoms with van der Waals surface area (Å²) >= 11 is 1.44. The smallest absolute Gasteiger partial charge is 0.326 e. The Morgan fingerprint density at radius 2 is 1.30 bits per heavy atom. The van der Waals surface area contributed by atoms with E-state index in [1.54, 1.807) is 42.5 Å². The van der Waals surface area contributed by atoms with E-state index in [1.807, 2.05) is 6.26 Å². The van der Waals surface area contributed by atoms with E-state index in [4.69, 9.17) is 0 Å². The van der Waals surface area contributed by atoms with Gasteiger partial charge in [0.2, 0.25) is 29.5 Å². The predicted molar refractivity (Wildman–Crippen MR) is 160 cm³/mol. The number of carboxylic acid groups (broad SMARTS) is 1. The van der Waals surface area contributed by atoms with E-state index in [-0.39, 0.29) is 25.0 Å². The zero-order chi connectivity index (χ0) is 31.8. The van der Waals surface area contributed by atoms with Gasteiger partial charge in [-0.3, -0.25) is 24.0 Å². The van der Waals surface area contributed by atoms with E-state index in [1.165, 1.54) is 30.8 Å². The number of carboxylic acids is 1. The van der Waals surface area contributed by atoms with Gasteiger partial charge in [-0.15, -0.1) is 0 Å². The van der Waals surface area contributed by atoms with Gasteiger partial charge in [0.25, 0.3) is 0 Å². The standard InChI is InChI=1S/C29H37N5O8S/c1-18(35)32-23(15-20-8-10-21(36)11-9-20)27(39)31-16-25(37)30-17-26(38)33-24(14-19-6-4-3-5-7-19)28(40)34-22(29(41)42)12-13-43-2/h3-11,22-24,36H,12-17H2,1-2H3,(H,30,37)(H,31,39)(H,32,35)(H,33,38)(H,34,40)(H,41,42)/t22-,23-,24-/m0/s1. The van der Waals surface area contributed by atoms with E-state index >= 15 is 0 Å². The first-order chi connectivity index (χ1) is 20.5. The molecule has 14 heteroatoms. The van der Waals surface area contributed by atoms with Gasteiger partial charge in [-0.2, -0.15) is 11.8 Å². The fourth-order valence-electron chi connectivity index (χ4n) is 3.92. The Kier molecular flexibility index (Phi) is 14.5. The molecule has 5 amide bonds. The molecule has 2 aromatic carbocycles. The minimum Gasteiger partial charge on any atom is -0.508 e. The average Bonchev–Trinajstić information content (AvgIpc) is 2.97. The van der Waals surface area contributed by atoms with Crippen LogP contribution >= 0.6 is 11.8 Å². The highest BCUT2D eigenvalue weighted by Gasteiger charge is 2.27. The second-order valence-corrected chi connectivity index (χ2v) is 10.6. The van der Waals surface area contributed by atoms with E-state index in [9.17, 15) is 39.0 Å². The largest absolute Gasteiger partial charge is 0.508 e. The highest BCUT2D eigenvalue weighted by atomic mass is 32.2. The molecule has 7 N–H and O–H groups in total. The van der Waals surface area contributed by atoms with Gasteiger partial charge in [-0.25, -0.2) is 4.79 Å². The molecular weight excluding hydrogens is 578 g/mol. The maximum atomic E-state index is 13.0. The number of nitrogens with one attached hydrogen (secondary N) is 5. The number of benzene rings is 2. The zero-order valence-electron chi connectivity index (χ0n) is 23.9. The van der Waals surface area contributed by atoms with Gasteiger partial charge in [0.05, 0.1) is 13.1 Å². The molecule has 0 spiro atoms. The van der Waals surface area contributed by atoms with Crippen LogP contribution in [0.5, 0.6) is 5.75 Å². The number of aliphatic carboxylic acids is 1. The maximum absolute atomic E-state index is 13.0. The third-order valence-corrected chi connectivity index (χ3v) is 6.74. The molecule has 13 nitrogen and oxygen atoms in total. The third kappa shape index (κ3) is 13.3. The van der Waals surface area contributed by atoms with Gasteiger partial charge in [-0.05, 0) is 41.7 Å². The molecule has 0 saturated carbocycles. The van der Waals surface area contributed by atoms with Gasteiger partial charge in [0.15, 0.2) is 0 Å². The Morgan fingerprint density at radius 1 is 0.721 bits per heavy atom. The van der Waals surface area contributed by atoms with Crippen LogP contribution in [0.3, 0.4) is 0 Å².